The molecule has 0 radical (unpaired) electrons. The van der Waals surface area contributed by atoms with Gasteiger partial charge in [-0.2, -0.15) is 4.98 Å². The predicted molar refractivity (Wildman–Crippen MR) is 102 cm³/mol. The Morgan fingerprint density at radius 1 is 1.15 bits per heavy atom. The zero-order valence-electron chi connectivity index (χ0n) is 15.8. The maximum atomic E-state index is 13.1. The number of hydrogen-bond donors (Lipinski definition) is 0. The molecule has 1 aliphatic carbocycles. The third kappa shape index (κ3) is 2.15. The quantitative estimate of drug-likeness (QED) is 0.678. The molecule has 7 heteroatoms. The summed E-state index contributed by atoms with van der Waals surface area (Å²) < 4.78 is 6.97. The lowest BCUT2D eigenvalue weighted by molar-refractivity contribution is 0.520. The highest BCUT2D eigenvalue weighted by molar-refractivity contribution is 5.76. The number of nitrogens with zero attached hydrogens (tertiary/aromatic N) is 5. The number of aromatic nitrogens is 5. The molecule has 1 aliphatic rings. The first kappa shape index (κ1) is 16.9. The first-order valence-corrected chi connectivity index (χ1v) is 9.27. The van der Waals surface area contributed by atoms with E-state index in [1.165, 1.54) is 22.0 Å². The van der Waals surface area contributed by atoms with Gasteiger partial charge in [0.1, 0.15) is 0 Å². The minimum absolute atomic E-state index is 0.270. The van der Waals surface area contributed by atoms with Gasteiger partial charge in [-0.1, -0.05) is 25.0 Å². The highest BCUT2D eigenvalue weighted by Gasteiger charge is 2.27. The first-order chi connectivity index (χ1) is 12.5. The lowest BCUT2D eigenvalue weighted by atomic mass is 10.2. The maximum Gasteiger partial charge on any atom is 0.332 e. The average molecular weight is 355 g/mol. The van der Waals surface area contributed by atoms with Crippen LogP contribution < -0.4 is 11.2 Å². The fraction of sp³-hybridized carbons (Fsp3) is 0.526. The molecule has 1 fully saturated rings. The molecule has 0 atom stereocenters. The number of fused-ring (bicyclic) bond motifs is 3. The van der Waals surface area contributed by atoms with Crippen molar-refractivity contribution < 1.29 is 0 Å². The van der Waals surface area contributed by atoms with E-state index in [1.54, 1.807) is 7.05 Å². The van der Waals surface area contributed by atoms with Crippen LogP contribution in [0.5, 0.6) is 0 Å². The number of hydrogen-bond acceptors (Lipinski definition) is 3. The van der Waals surface area contributed by atoms with Crippen molar-refractivity contribution in [2.75, 3.05) is 0 Å². The van der Waals surface area contributed by atoms with Gasteiger partial charge in [0.15, 0.2) is 11.2 Å². The summed E-state index contributed by atoms with van der Waals surface area (Å²) in [6, 6.07) is 0.422. The second-order valence-corrected chi connectivity index (χ2v) is 7.22. The number of allylic oxidation sites excluding steroid dienone is 2. The molecular formula is C19H25N5O2. The van der Waals surface area contributed by atoms with Gasteiger partial charge in [-0.05, 0) is 33.6 Å². The van der Waals surface area contributed by atoms with Crippen molar-refractivity contribution in [1.82, 2.24) is 23.1 Å². The highest BCUT2D eigenvalue weighted by Crippen LogP contribution is 2.34. The summed E-state index contributed by atoms with van der Waals surface area (Å²) >= 11 is 0. The predicted octanol–water partition coefficient (Wildman–Crippen LogP) is 2.46. The van der Waals surface area contributed by atoms with Crippen molar-refractivity contribution in [2.24, 2.45) is 7.05 Å². The Balaban J connectivity index is 2.13. The molecule has 3 aromatic heterocycles. The van der Waals surface area contributed by atoms with Gasteiger partial charge in [0, 0.05) is 31.0 Å². The molecule has 0 saturated heterocycles. The summed E-state index contributed by atoms with van der Waals surface area (Å²) in [4.78, 5) is 30.5. The Morgan fingerprint density at radius 3 is 2.50 bits per heavy atom. The summed E-state index contributed by atoms with van der Waals surface area (Å²) in [6.07, 6.45) is 8.38. The Hall–Kier alpha value is -2.57. The zero-order valence-corrected chi connectivity index (χ0v) is 15.8. The molecule has 3 aromatic rings. The van der Waals surface area contributed by atoms with Crippen LogP contribution in [0.3, 0.4) is 0 Å². The molecule has 0 unspecified atom stereocenters. The van der Waals surface area contributed by atoms with E-state index in [9.17, 15) is 9.59 Å². The van der Waals surface area contributed by atoms with Gasteiger partial charge in [-0.15, -0.1) is 0 Å². The molecule has 26 heavy (non-hydrogen) atoms. The van der Waals surface area contributed by atoms with Crippen LogP contribution in [-0.4, -0.2) is 23.1 Å². The van der Waals surface area contributed by atoms with Crippen molar-refractivity contribution in [3.05, 3.63) is 44.4 Å². The largest absolute Gasteiger partial charge is 0.332 e. The smallest absolute Gasteiger partial charge is 0.311 e. The Labute approximate surface area is 151 Å². The van der Waals surface area contributed by atoms with Gasteiger partial charge in [0.05, 0.1) is 0 Å². The van der Waals surface area contributed by atoms with Gasteiger partial charge in [-0.3, -0.25) is 18.3 Å². The minimum atomic E-state index is -0.330. The van der Waals surface area contributed by atoms with Crippen molar-refractivity contribution in [2.45, 2.75) is 59.0 Å². The highest BCUT2D eigenvalue weighted by atomic mass is 16.2. The Morgan fingerprint density at radius 2 is 1.85 bits per heavy atom. The van der Waals surface area contributed by atoms with Crippen LogP contribution in [0.4, 0.5) is 0 Å². The third-order valence-electron chi connectivity index (χ3n) is 5.77. The third-order valence-corrected chi connectivity index (χ3v) is 5.77. The minimum Gasteiger partial charge on any atom is -0.311 e. The second-order valence-electron chi connectivity index (χ2n) is 7.22. The molecule has 4 rings (SSSR count). The van der Waals surface area contributed by atoms with Crippen molar-refractivity contribution >= 4 is 16.9 Å². The molecule has 0 N–H and O–H groups in total. The SMILES string of the molecule is C/C=C/Cn1c(=O)c2c(nc3n(C4CCCC4)c(C)c(C)n23)n(C)c1=O. The molecule has 1 saturated carbocycles. The van der Waals surface area contributed by atoms with Crippen LogP contribution in [0.15, 0.2) is 21.7 Å². The monoisotopic (exact) mass is 355 g/mol. The summed E-state index contributed by atoms with van der Waals surface area (Å²) in [5, 5.41) is 0. The molecule has 0 amide bonds. The molecule has 0 aliphatic heterocycles. The van der Waals surface area contributed by atoms with Crippen molar-refractivity contribution in [3.63, 3.8) is 0 Å². The number of rotatable bonds is 3. The Kier molecular flexibility index (Phi) is 3.89. The van der Waals surface area contributed by atoms with Crippen molar-refractivity contribution in [1.29, 1.82) is 0 Å². The van der Waals surface area contributed by atoms with Gasteiger partial charge in [0.25, 0.3) is 5.56 Å². The maximum absolute atomic E-state index is 13.1. The van der Waals surface area contributed by atoms with Gasteiger partial charge >= 0.3 is 5.69 Å². The Bertz CT molecular complexity index is 1150. The van der Waals surface area contributed by atoms with E-state index in [0.717, 1.165) is 30.0 Å². The molecular weight excluding hydrogens is 330 g/mol. The van der Waals surface area contributed by atoms with Gasteiger partial charge in [0.2, 0.25) is 5.78 Å². The topological polar surface area (TPSA) is 66.2 Å². The van der Waals surface area contributed by atoms with E-state index in [2.05, 4.69) is 11.5 Å². The summed E-state index contributed by atoms with van der Waals surface area (Å²) in [5.41, 5.74) is 2.51. The molecule has 3 heterocycles. The molecule has 0 spiro atoms. The molecule has 0 bridgehead atoms. The summed E-state index contributed by atoms with van der Waals surface area (Å²) in [6.45, 7) is 6.26. The molecule has 138 valence electrons. The lowest BCUT2D eigenvalue weighted by Crippen LogP contribution is -2.39. The van der Waals surface area contributed by atoms with Crippen LogP contribution in [0.25, 0.3) is 16.9 Å². The van der Waals surface area contributed by atoms with E-state index < -0.39 is 0 Å². The van der Waals surface area contributed by atoms with Gasteiger partial charge < -0.3 is 4.57 Å². The first-order valence-electron chi connectivity index (χ1n) is 9.27. The normalized spacial score (nSPS) is 16.0. The lowest BCUT2D eigenvalue weighted by Gasteiger charge is -2.13. The van der Waals surface area contributed by atoms with Crippen LogP contribution in [0.1, 0.15) is 50.0 Å². The van der Waals surface area contributed by atoms with Crippen LogP contribution in [0.2, 0.25) is 0 Å². The fourth-order valence-corrected chi connectivity index (χ4v) is 4.25. The summed E-state index contributed by atoms with van der Waals surface area (Å²) in [7, 11) is 1.69. The second kappa shape index (κ2) is 6.00. The standard InChI is InChI=1S/C19H25N5O2/c1-5-6-11-22-17(25)15-16(21(4)19(22)26)20-18-23(14-9-7-8-10-14)12(2)13(3)24(15)18/h5-6,14H,7-11H2,1-4H3/b6-5+. The number of imidazole rings is 2. The fourth-order valence-electron chi connectivity index (χ4n) is 4.25. The van der Waals surface area contributed by atoms with Crippen molar-refractivity contribution in [3.8, 4) is 0 Å². The average Bonchev–Trinajstić information content (AvgIpc) is 3.32. The van der Waals surface area contributed by atoms with E-state index >= 15 is 0 Å². The molecule has 7 nitrogen and oxygen atoms in total. The summed E-state index contributed by atoms with van der Waals surface area (Å²) in [5.74, 6) is 0.776. The zero-order chi connectivity index (χ0) is 18.6. The van der Waals surface area contributed by atoms with Gasteiger partial charge in [-0.25, -0.2) is 4.79 Å². The van der Waals surface area contributed by atoms with Crippen LogP contribution >= 0.6 is 0 Å². The molecule has 0 aromatic carbocycles. The van der Waals surface area contributed by atoms with E-state index in [0.29, 0.717) is 17.2 Å². The van der Waals surface area contributed by atoms with Crippen LogP contribution in [0, 0.1) is 13.8 Å². The van der Waals surface area contributed by atoms with Crippen LogP contribution in [-0.2, 0) is 13.6 Å². The van der Waals surface area contributed by atoms with E-state index in [-0.39, 0.29) is 17.8 Å². The van der Waals surface area contributed by atoms with E-state index in [1.807, 2.05) is 30.4 Å². The van der Waals surface area contributed by atoms with E-state index in [4.69, 9.17) is 4.98 Å². The number of aryl methyl sites for hydroxylation is 2.